The van der Waals surface area contributed by atoms with E-state index in [0.717, 1.165) is 30.4 Å². The highest BCUT2D eigenvalue weighted by Crippen LogP contribution is 2.37. The monoisotopic (exact) mass is 274 g/mol. The van der Waals surface area contributed by atoms with Crippen molar-refractivity contribution < 1.29 is 9.18 Å². The summed E-state index contributed by atoms with van der Waals surface area (Å²) in [6.45, 7) is 1.82. The van der Waals surface area contributed by atoms with E-state index < -0.39 is 0 Å². The smallest absolute Gasteiger partial charge is 0.170 e. The summed E-state index contributed by atoms with van der Waals surface area (Å²) in [6.07, 6.45) is 2.98. The van der Waals surface area contributed by atoms with E-state index >= 15 is 0 Å². The SMILES string of the molecule is Cc1cc(F)cc(C(=O)C2CCCc3sccc32)c1. The molecule has 0 amide bonds. The zero-order valence-corrected chi connectivity index (χ0v) is 11.6. The summed E-state index contributed by atoms with van der Waals surface area (Å²) in [5.74, 6) is -0.358. The lowest BCUT2D eigenvalue weighted by molar-refractivity contribution is 0.0951. The van der Waals surface area contributed by atoms with Crippen molar-refractivity contribution in [2.75, 3.05) is 0 Å². The maximum atomic E-state index is 13.4. The van der Waals surface area contributed by atoms with Crippen LogP contribution in [0.15, 0.2) is 29.6 Å². The van der Waals surface area contributed by atoms with Gasteiger partial charge in [0.1, 0.15) is 5.82 Å². The number of hydrogen-bond donors (Lipinski definition) is 0. The summed E-state index contributed by atoms with van der Waals surface area (Å²) in [6, 6.07) is 6.64. The lowest BCUT2D eigenvalue weighted by atomic mass is 9.82. The fourth-order valence-corrected chi connectivity index (χ4v) is 3.83. The molecule has 0 bridgehead atoms. The third-order valence-electron chi connectivity index (χ3n) is 3.70. The molecule has 0 radical (unpaired) electrons. The molecule has 1 unspecified atom stereocenters. The standard InChI is InChI=1S/C16H15FOS/c1-10-7-11(9-12(17)8-10)16(18)14-3-2-4-15-13(14)5-6-19-15/h5-9,14H,2-4H2,1H3. The minimum atomic E-state index is -0.329. The molecule has 1 aliphatic rings. The second-order valence-corrected chi connectivity index (χ2v) is 6.13. The van der Waals surface area contributed by atoms with E-state index in [1.807, 2.05) is 18.4 Å². The van der Waals surface area contributed by atoms with E-state index in [-0.39, 0.29) is 17.5 Å². The lowest BCUT2D eigenvalue weighted by Crippen LogP contribution is -2.17. The number of carbonyl (C=O) groups is 1. The molecular formula is C16H15FOS. The minimum Gasteiger partial charge on any atom is -0.293 e. The van der Waals surface area contributed by atoms with Crippen LogP contribution in [-0.2, 0) is 6.42 Å². The van der Waals surface area contributed by atoms with Crippen LogP contribution in [0.3, 0.4) is 0 Å². The number of Topliss-reactive ketones (excluding diaryl/α,β-unsaturated/α-hetero) is 1. The Balaban J connectivity index is 1.97. The summed E-state index contributed by atoms with van der Waals surface area (Å²) >= 11 is 1.72. The number of carbonyl (C=O) groups excluding carboxylic acids is 1. The van der Waals surface area contributed by atoms with Crippen LogP contribution >= 0.6 is 11.3 Å². The van der Waals surface area contributed by atoms with Crippen molar-refractivity contribution in [3.8, 4) is 0 Å². The maximum Gasteiger partial charge on any atom is 0.170 e. The Kier molecular flexibility index (Phi) is 3.23. The average molecular weight is 274 g/mol. The molecule has 1 aromatic carbocycles. The first-order valence-corrected chi connectivity index (χ1v) is 7.41. The topological polar surface area (TPSA) is 17.1 Å². The summed E-state index contributed by atoms with van der Waals surface area (Å²) in [7, 11) is 0. The van der Waals surface area contributed by atoms with Crippen LogP contribution < -0.4 is 0 Å². The van der Waals surface area contributed by atoms with Gasteiger partial charge in [0, 0.05) is 16.4 Å². The molecule has 98 valence electrons. The Morgan fingerprint density at radius 2 is 2.21 bits per heavy atom. The molecule has 19 heavy (non-hydrogen) atoms. The van der Waals surface area contributed by atoms with Crippen molar-refractivity contribution in [1.82, 2.24) is 0 Å². The van der Waals surface area contributed by atoms with Gasteiger partial charge in [-0.15, -0.1) is 11.3 Å². The Hall–Kier alpha value is -1.48. The van der Waals surface area contributed by atoms with Crippen LogP contribution in [0.25, 0.3) is 0 Å². The van der Waals surface area contributed by atoms with Crippen LogP contribution in [0, 0.1) is 12.7 Å². The number of aryl methyl sites for hydroxylation is 2. The van der Waals surface area contributed by atoms with Crippen molar-refractivity contribution in [2.24, 2.45) is 0 Å². The Morgan fingerprint density at radius 3 is 3.00 bits per heavy atom. The van der Waals surface area contributed by atoms with E-state index in [1.54, 1.807) is 17.4 Å². The van der Waals surface area contributed by atoms with Crippen LogP contribution in [0.2, 0.25) is 0 Å². The predicted octanol–water partition coefficient (Wildman–Crippen LogP) is 4.50. The maximum absolute atomic E-state index is 13.4. The average Bonchev–Trinajstić information content (AvgIpc) is 2.84. The van der Waals surface area contributed by atoms with Gasteiger partial charge in [-0.3, -0.25) is 4.79 Å². The van der Waals surface area contributed by atoms with Gasteiger partial charge < -0.3 is 0 Å². The summed E-state index contributed by atoms with van der Waals surface area (Å²) in [5, 5.41) is 2.05. The van der Waals surface area contributed by atoms with E-state index in [9.17, 15) is 9.18 Å². The molecular weight excluding hydrogens is 259 g/mol. The largest absolute Gasteiger partial charge is 0.293 e. The number of halogens is 1. The molecule has 3 rings (SSSR count). The highest BCUT2D eigenvalue weighted by atomic mass is 32.1. The van der Waals surface area contributed by atoms with Gasteiger partial charge in [0.2, 0.25) is 0 Å². The molecule has 1 nitrogen and oxygen atoms in total. The van der Waals surface area contributed by atoms with Crippen LogP contribution in [0.5, 0.6) is 0 Å². The highest BCUT2D eigenvalue weighted by Gasteiger charge is 2.28. The van der Waals surface area contributed by atoms with Gasteiger partial charge in [-0.25, -0.2) is 4.39 Å². The minimum absolute atomic E-state index is 0.0574. The Morgan fingerprint density at radius 1 is 1.37 bits per heavy atom. The third kappa shape index (κ3) is 2.35. The molecule has 0 spiro atoms. The molecule has 0 fully saturated rings. The van der Waals surface area contributed by atoms with Gasteiger partial charge in [0.05, 0.1) is 0 Å². The highest BCUT2D eigenvalue weighted by molar-refractivity contribution is 7.10. The van der Waals surface area contributed by atoms with Gasteiger partial charge in [-0.1, -0.05) is 0 Å². The Labute approximate surface area is 116 Å². The number of benzene rings is 1. The van der Waals surface area contributed by atoms with Gasteiger partial charge >= 0.3 is 0 Å². The van der Waals surface area contributed by atoms with E-state index in [4.69, 9.17) is 0 Å². The van der Waals surface area contributed by atoms with Crippen molar-refractivity contribution in [3.63, 3.8) is 0 Å². The normalized spacial score (nSPS) is 18.1. The van der Waals surface area contributed by atoms with Crippen molar-refractivity contribution in [1.29, 1.82) is 0 Å². The second-order valence-electron chi connectivity index (χ2n) is 5.13. The summed E-state index contributed by atoms with van der Waals surface area (Å²) in [4.78, 5) is 13.9. The Bertz CT molecular complexity index is 609. The molecule has 3 heteroatoms. The number of rotatable bonds is 2. The second kappa shape index (κ2) is 4.89. The number of fused-ring (bicyclic) bond motifs is 1. The van der Waals surface area contributed by atoms with Crippen molar-refractivity contribution >= 4 is 17.1 Å². The molecule has 0 N–H and O–H groups in total. The predicted molar refractivity (Wildman–Crippen MR) is 75.5 cm³/mol. The van der Waals surface area contributed by atoms with E-state index in [1.165, 1.54) is 17.0 Å². The summed E-state index contributed by atoms with van der Waals surface area (Å²) < 4.78 is 13.4. The molecule has 1 atom stereocenters. The molecule has 0 saturated heterocycles. The molecule has 1 aliphatic carbocycles. The van der Waals surface area contributed by atoms with Crippen molar-refractivity contribution in [3.05, 3.63) is 57.0 Å². The first-order chi connectivity index (χ1) is 9.15. The first-order valence-electron chi connectivity index (χ1n) is 6.53. The van der Waals surface area contributed by atoms with Crippen LogP contribution in [0.1, 0.15) is 45.1 Å². The molecule has 1 heterocycles. The zero-order valence-electron chi connectivity index (χ0n) is 10.8. The zero-order chi connectivity index (χ0) is 13.4. The van der Waals surface area contributed by atoms with Crippen LogP contribution in [-0.4, -0.2) is 5.78 Å². The number of hydrogen-bond acceptors (Lipinski definition) is 2. The van der Waals surface area contributed by atoms with Gasteiger partial charge in [-0.2, -0.15) is 0 Å². The van der Waals surface area contributed by atoms with E-state index in [2.05, 4.69) is 0 Å². The molecule has 0 aliphatic heterocycles. The molecule has 0 saturated carbocycles. The fourth-order valence-electron chi connectivity index (χ4n) is 2.84. The number of ketones is 1. The van der Waals surface area contributed by atoms with E-state index in [0.29, 0.717) is 5.56 Å². The lowest BCUT2D eigenvalue weighted by Gasteiger charge is -2.21. The first kappa shape index (κ1) is 12.5. The fraction of sp³-hybridized carbons (Fsp3) is 0.312. The van der Waals surface area contributed by atoms with Crippen molar-refractivity contribution in [2.45, 2.75) is 32.1 Å². The number of thiophene rings is 1. The van der Waals surface area contributed by atoms with Crippen LogP contribution in [0.4, 0.5) is 4.39 Å². The van der Waals surface area contributed by atoms with Gasteiger partial charge in [0.15, 0.2) is 5.78 Å². The molecule has 1 aromatic heterocycles. The third-order valence-corrected chi connectivity index (χ3v) is 4.69. The van der Waals surface area contributed by atoms with Gasteiger partial charge in [-0.05, 0) is 67.0 Å². The molecule has 2 aromatic rings. The van der Waals surface area contributed by atoms with Gasteiger partial charge in [0.25, 0.3) is 0 Å². The summed E-state index contributed by atoms with van der Waals surface area (Å²) in [5.41, 5.74) is 2.45. The quantitative estimate of drug-likeness (QED) is 0.737.